The number of aromatic nitrogens is 1. The van der Waals surface area contributed by atoms with Crippen molar-refractivity contribution in [3.8, 4) is 11.3 Å². The lowest BCUT2D eigenvalue weighted by Crippen LogP contribution is -2.33. The quantitative estimate of drug-likeness (QED) is 0.603. The third-order valence-corrected chi connectivity index (χ3v) is 4.54. The van der Waals surface area contributed by atoms with Crippen LogP contribution in [0.3, 0.4) is 0 Å². The van der Waals surface area contributed by atoms with Crippen LogP contribution in [-0.4, -0.2) is 11.0 Å². The topological polar surface area (TPSA) is 59.2 Å². The first-order chi connectivity index (χ1) is 13.8. The number of hydrogen-bond donors (Lipinski definition) is 1. The number of amides is 2. The van der Waals surface area contributed by atoms with Gasteiger partial charge >= 0.3 is 6.03 Å². The summed E-state index contributed by atoms with van der Waals surface area (Å²) in [5.74, 6) is -2.29. The molecule has 7 heteroatoms. The van der Waals surface area contributed by atoms with Crippen molar-refractivity contribution in [2.75, 3.05) is 4.90 Å². The molecule has 2 aromatic carbocycles. The van der Waals surface area contributed by atoms with Gasteiger partial charge in [-0.15, -0.1) is 0 Å². The Labute approximate surface area is 166 Å². The summed E-state index contributed by atoms with van der Waals surface area (Å²) in [5.41, 5.74) is 7.52. The van der Waals surface area contributed by atoms with Crippen molar-refractivity contribution < 1.29 is 18.0 Å². The molecule has 0 saturated carbocycles. The minimum absolute atomic E-state index is 0.0277. The summed E-state index contributed by atoms with van der Waals surface area (Å²) in [6.45, 7) is 3.74. The normalized spacial score (nSPS) is 10.8. The van der Waals surface area contributed by atoms with Crippen LogP contribution in [0.15, 0.2) is 48.5 Å². The minimum atomic E-state index is -1.08. The van der Waals surface area contributed by atoms with Crippen molar-refractivity contribution in [2.24, 2.45) is 5.73 Å². The van der Waals surface area contributed by atoms with E-state index in [2.05, 4.69) is 4.98 Å². The minimum Gasteiger partial charge on any atom is -0.351 e. The number of halogens is 3. The number of primary amides is 1. The summed E-state index contributed by atoms with van der Waals surface area (Å²) in [6, 6.07) is 9.69. The first-order valence-corrected chi connectivity index (χ1v) is 9.13. The van der Waals surface area contributed by atoms with E-state index < -0.39 is 23.4 Å². The molecule has 3 rings (SSSR count). The maximum absolute atomic E-state index is 14.3. The van der Waals surface area contributed by atoms with Gasteiger partial charge in [0.1, 0.15) is 29.0 Å². The Morgan fingerprint density at radius 3 is 2.34 bits per heavy atom. The first kappa shape index (κ1) is 20.4. The molecule has 4 nitrogen and oxygen atoms in total. The van der Waals surface area contributed by atoms with Gasteiger partial charge in [-0.3, -0.25) is 0 Å². The van der Waals surface area contributed by atoms with Crippen molar-refractivity contribution in [2.45, 2.75) is 26.7 Å². The molecule has 0 fully saturated rings. The number of carbonyl (C=O) groups is 1. The zero-order valence-corrected chi connectivity index (χ0v) is 16.0. The maximum atomic E-state index is 14.3. The molecule has 3 aromatic rings. The average Bonchev–Trinajstić information content (AvgIpc) is 2.65. The number of rotatable bonds is 5. The lowest BCUT2D eigenvalue weighted by atomic mass is 9.98. The van der Waals surface area contributed by atoms with Gasteiger partial charge in [-0.2, -0.15) is 0 Å². The Morgan fingerprint density at radius 1 is 1.07 bits per heavy atom. The second-order valence-corrected chi connectivity index (χ2v) is 6.63. The Balaban J connectivity index is 2.23. The Hall–Kier alpha value is -3.35. The first-order valence-electron chi connectivity index (χ1n) is 9.13. The molecule has 1 heterocycles. The van der Waals surface area contributed by atoms with Gasteiger partial charge in [-0.1, -0.05) is 25.5 Å². The van der Waals surface area contributed by atoms with Crippen LogP contribution in [0.25, 0.3) is 11.3 Å². The molecule has 0 bridgehead atoms. The Morgan fingerprint density at radius 2 is 1.76 bits per heavy atom. The molecule has 0 aliphatic heterocycles. The summed E-state index contributed by atoms with van der Waals surface area (Å²) in [7, 11) is 0. The van der Waals surface area contributed by atoms with E-state index in [1.165, 1.54) is 24.3 Å². The highest BCUT2D eigenvalue weighted by atomic mass is 19.1. The number of nitrogens with zero attached hydrogens (tertiary/aromatic N) is 2. The molecule has 0 spiro atoms. The molecular formula is C22H20F3N3O. The number of pyridine rings is 1. The molecule has 29 heavy (non-hydrogen) atoms. The molecule has 150 valence electrons. The molecule has 0 radical (unpaired) electrons. The highest BCUT2D eigenvalue weighted by Gasteiger charge is 2.25. The van der Waals surface area contributed by atoms with Gasteiger partial charge in [0.25, 0.3) is 0 Å². The van der Waals surface area contributed by atoms with Crippen LogP contribution in [0.2, 0.25) is 0 Å². The molecule has 2 amide bonds. The van der Waals surface area contributed by atoms with Crippen LogP contribution in [0, 0.1) is 24.4 Å². The number of aryl methyl sites for hydroxylation is 2. The van der Waals surface area contributed by atoms with Crippen LogP contribution in [0.1, 0.15) is 24.5 Å². The summed E-state index contributed by atoms with van der Waals surface area (Å²) in [6.07, 6.45) is 1.51. The molecular weight excluding hydrogens is 379 g/mol. The van der Waals surface area contributed by atoms with Crippen molar-refractivity contribution >= 4 is 17.5 Å². The summed E-state index contributed by atoms with van der Waals surface area (Å²) < 4.78 is 42.2. The molecule has 2 N–H and O–H groups in total. The Kier molecular flexibility index (Phi) is 5.87. The third-order valence-electron chi connectivity index (χ3n) is 4.54. The van der Waals surface area contributed by atoms with E-state index in [9.17, 15) is 18.0 Å². The van der Waals surface area contributed by atoms with Gasteiger partial charge in [-0.25, -0.2) is 27.8 Å². The molecule has 1 aromatic heterocycles. The number of hydrogen-bond acceptors (Lipinski definition) is 2. The fourth-order valence-corrected chi connectivity index (χ4v) is 3.24. The number of carbonyl (C=O) groups excluding carboxylic acids is 1. The van der Waals surface area contributed by atoms with E-state index in [4.69, 9.17) is 5.73 Å². The van der Waals surface area contributed by atoms with Gasteiger partial charge in [0.15, 0.2) is 0 Å². The monoisotopic (exact) mass is 399 g/mol. The van der Waals surface area contributed by atoms with Gasteiger partial charge in [-0.05, 0) is 60.9 Å². The Bertz CT molecular complexity index is 1050. The lowest BCUT2D eigenvalue weighted by Gasteiger charge is -2.22. The molecule has 0 aliphatic carbocycles. The second-order valence-electron chi connectivity index (χ2n) is 6.63. The highest BCUT2D eigenvalue weighted by Crippen LogP contribution is 2.33. The van der Waals surface area contributed by atoms with Gasteiger partial charge in [0.2, 0.25) is 0 Å². The van der Waals surface area contributed by atoms with Crippen LogP contribution < -0.4 is 10.6 Å². The number of para-hydroxylation sites is 1. The lowest BCUT2D eigenvalue weighted by molar-refractivity contribution is 0.255. The predicted octanol–water partition coefficient (Wildman–Crippen LogP) is 5.64. The average molecular weight is 399 g/mol. The molecule has 0 unspecified atom stereocenters. The third kappa shape index (κ3) is 4.08. The van der Waals surface area contributed by atoms with E-state index in [1.54, 1.807) is 19.1 Å². The van der Waals surface area contributed by atoms with Crippen molar-refractivity contribution in [3.63, 3.8) is 0 Å². The largest absolute Gasteiger partial charge is 0.351 e. The van der Waals surface area contributed by atoms with E-state index in [-0.39, 0.29) is 11.6 Å². The summed E-state index contributed by atoms with van der Waals surface area (Å²) >= 11 is 0. The maximum Gasteiger partial charge on any atom is 0.325 e. The van der Waals surface area contributed by atoms with Gasteiger partial charge < -0.3 is 5.73 Å². The van der Waals surface area contributed by atoms with E-state index in [0.717, 1.165) is 24.1 Å². The molecule has 0 saturated heterocycles. The fraction of sp³-hybridized carbons (Fsp3) is 0.182. The highest BCUT2D eigenvalue weighted by molar-refractivity contribution is 5.98. The van der Waals surface area contributed by atoms with Crippen molar-refractivity contribution in [3.05, 3.63) is 77.1 Å². The number of urea groups is 1. The van der Waals surface area contributed by atoms with E-state index in [0.29, 0.717) is 28.1 Å². The van der Waals surface area contributed by atoms with Crippen LogP contribution in [0.4, 0.5) is 29.5 Å². The number of nitrogens with two attached hydrogens (primary N) is 1. The van der Waals surface area contributed by atoms with Crippen LogP contribution in [0.5, 0.6) is 0 Å². The molecule has 0 aliphatic rings. The smallest absolute Gasteiger partial charge is 0.325 e. The van der Waals surface area contributed by atoms with E-state index in [1.807, 2.05) is 6.92 Å². The van der Waals surface area contributed by atoms with E-state index >= 15 is 0 Å². The molecule has 0 atom stereocenters. The summed E-state index contributed by atoms with van der Waals surface area (Å²) in [5, 5.41) is 0. The second kappa shape index (κ2) is 8.34. The van der Waals surface area contributed by atoms with Crippen LogP contribution >= 0.6 is 0 Å². The van der Waals surface area contributed by atoms with Gasteiger partial charge in [0.05, 0.1) is 5.69 Å². The number of anilines is 2. The van der Waals surface area contributed by atoms with Gasteiger partial charge in [0, 0.05) is 5.56 Å². The predicted molar refractivity (Wildman–Crippen MR) is 106 cm³/mol. The number of benzene rings is 2. The SMILES string of the molecule is CCCc1ccc(N(C(N)=O)c2c(F)cccc2F)nc1-c1ccc(F)cc1C. The fourth-order valence-electron chi connectivity index (χ4n) is 3.24. The summed E-state index contributed by atoms with van der Waals surface area (Å²) in [4.78, 5) is 17.3. The zero-order chi connectivity index (χ0) is 21.1. The zero-order valence-electron chi connectivity index (χ0n) is 16.0. The van der Waals surface area contributed by atoms with Crippen LogP contribution in [-0.2, 0) is 6.42 Å². The standard InChI is InChI=1S/C22H20F3N3O/c1-3-5-14-8-11-19(27-20(14)16-10-9-15(23)12-13(16)2)28(22(26)29)21-17(24)6-4-7-18(21)25/h4,6-12H,3,5H2,1-2H3,(H2,26,29). The van der Waals surface area contributed by atoms with Crippen molar-refractivity contribution in [1.29, 1.82) is 0 Å². The van der Waals surface area contributed by atoms with Crippen molar-refractivity contribution in [1.82, 2.24) is 4.98 Å².